The highest BCUT2D eigenvalue weighted by molar-refractivity contribution is 5.89. The number of carbonyl (C=O) groups is 1. The van der Waals surface area contributed by atoms with Gasteiger partial charge in [0, 0.05) is 18.3 Å². The topological polar surface area (TPSA) is 68.0 Å². The Morgan fingerprint density at radius 3 is 2.68 bits per heavy atom. The van der Waals surface area contributed by atoms with E-state index in [2.05, 4.69) is 10.3 Å². The molecule has 2 aromatic rings. The minimum absolute atomic E-state index is 0.0325. The van der Waals surface area contributed by atoms with Gasteiger partial charge in [-0.25, -0.2) is 4.98 Å². The second-order valence-electron chi connectivity index (χ2n) is 4.51. The van der Waals surface area contributed by atoms with Crippen LogP contribution in [0.25, 0.3) is 0 Å². The zero-order chi connectivity index (χ0) is 13.7. The lowest BCUT2D eigenvalue weighted by molar-refractivity contribution is -0.116. The third-order valence-electron chi connectivity index (χ3n) is 2.80. The SMILES string of the molecule is Cc1ccnc(NC(=O)CCc2ccc(N)cc2)c1. The molecule has 2 rings (SSSR count). The Labute approximate surface area is 112 Å². The summed E-state index contributed by atoms with van der Waals surface area (Å²) in [6, 6.07) is 11.3. The summed E-state index contributed by atoms with van der Waals surface area (Å²) < 4.78 is 0. The van der Waals surface area contributed by atoms with Gasteiger partial charge in [0.25, 0.3) is 0 Å². The van der Waals surface area contributed by atoms with Crippen LogP contribution >= 0.6 is 0 Å². The van der Waals surface area contributed by atoms with Crippen LogP contribution in [0.2, 0.25) is 0 Å². The van der Waals surface area contributed by atoms with Crippen LogP contribution in [-0.4, -0.2) is 10.9 Å². The molecule has 1 aromatic carbocycles. The summed E-state index contributed by atoms with van der Waals surface area (Å²) in [6.45, 7) is 1.96. The van der Waals surface area contributed by atoms with Crippen molar-refractivity contribution in [3.63, 3.8) is 0 Å². The zero-order valence-corrected chi connectivity index (χ0v) is 10.9. The number of pyridine rings is 1. The van der Waals surface area contributed by atoms with Crippen LogP contribution in [-0.2, 0) is 11.2 Å². The van der Waals surface area contributed by atoms with Gasteiger partial charge < -0.3 is 11.1 Å². The molecule has 0 unspecified atom stereocenters. The van der Waals surface area contributed by atoms with E-state index < -0.39 is 0 Å². The molecule has 0 radical (unpaired) electrons. The first-order chi connectivity index (χ1) is 9.13. The first-order valence-corrected chi connectivity index (χ1v) is 6.20. The quantitative estimate of drug-likeness (QED) is 0.825. The van der Waals surface area contributed by atoms with Crippen molar-refractivity contribution in [2.75, 3.05) is 11.1 Å². The zero-order valence-electron chi connectivity index (χ0n) is 10.9. The first-order valence-electron chi connectivity index (χ1n) is 6.20. The Morgan fingerprint density at radius 2 is 2.00 bits per heavy atom. The molecule has 0 saturated carbocycles. The number of aryl methyl sites for hydroxylation is 2. The number of hydrogen-bond acceptors (Lipinski definition) is 3. The second-order valence-corrected chi connectivity index (χ2v) is 4.51. The fraction of sp³-hybridized carbons (Fsp3) is 0.200. The first kappa shape index (κ1) is 13.1. The number of amides is 1. The fourth-order valence-electron chi connectivity index (χ4n) is 1.75. The Balaban J connectivity index is 1.86. The van der Waals surface area contributed by atoms with Crippen LogP contribution in [0.15, 0.2) is 42.6 Å². The number of benzene rings is 1. The van der Waals surface area contributed by atoms with E-state index in [-0.39, 0.29) is 5.91 Å². The van der Waals surface area contributed by atoms with Gasteiger partial charge in [0.05, 0.1) is 0 Å². The molecular formula is C15H17N3O. The number of aromatic nitrogens is 1. The molecule has 1 aromatic heterocycles. The molecule has 0 atom stereocenters. The molecule has 0 fully saturated rings. The summed E-state index contributed by atoms with van der Waals surface area (Å²) >= 11 is 0. The monoisotopic (exact) mass is 255 g/mol. The van der Waals surface area contributed by atoms with E-state index in [1.807, 2.05) is 43.3 Å². The van der Waals surface area contributed by atoms with E-state index in [1.165, 1.54) is 0 Å². The minimum Gasteiger partial charge on any atom is -0.399 e. The molecule has 0 saturated heterocycles. The van der Waals surface area contributed by atoms with Gasteiger partial charge in [0.1, 0.15) is 5.82 Å². The van der Waals surface area contributed by atoms with Crippen LogP contribution in [0.5, 0.6) is 0 Å². The highest BCUT2D eigenvalue weighted by Gasteiger charge is 2.04. The molecule has 4 heteroatoms. The van der Waals surface area contributed by atoms with Crippen molar-refractivity contribution in [1.82, 2.24) is 4.98 Å². The maximum absolute atomic E-state index is 11.8. The fourth-order valence-corrected chi connectivity index (χ4v) is 1.75. The lowest BCUT2D eigenvalue weighted by Crippen LogP contribution is -2.13. The van der Waals surface area contributed by atoms with Gasteiger partial charge in [-0.05, 0) is 48.7 Å². The smallest absolute Gasteiger partial charge is 0.225 e. The number of nitrogen functional groups attached to an aromatic ring is 1. The third-order valence-corrected chi connectivity index (χ3v) is 2.80. The highest BCUT2D eigenvalue weighted by atomic mass is 16.1. The van der Waals surface area contributed by atoms with Crippen LogP contribution in [0.4, 0.5) is 11.5 Å². The van der Waals surface area contributed by atoms with E-state index in [9.17, 15) is 4.79 Å². The lowest BCUT2D eigenvalue weighted by atomic mass is 10.1. The average Bonchev–Trinajstić information content (AvgIpc) is 2.38. The molecule has 1 heterocycles. The molecular weight excluding hydrogens is 238 g/mol. The van der Waals surface area contributed by atoms with Crippen molar-refractivity contribution < 1.29 is 4.79 Å². The van der Waals surface area contributed by atoms with Crippen LogP contribution in [0, 0.1) is 6.92 Å². The molecule has 4 nitrogen and oxygen atoms in total. The van der Waals surface area contributed by atoms with Crippen molar-refractivity contribution in [3.8, 4) is 0 Å². The molecule has 3 N–H and O–H groups in total. The van der Waals surface area contributed by atoms with E-state index in [0.717, 1.165) is 16.8 Å². The number of carbonyl (C=O) groups excluding carboxylic acids is 1. The molecule has 19 heavy (non-hydrogen) atoms. The predicted octanol–water partition coefficient (Wildman–Crippen LogP) is 2.54. The molecule has 0 aliphatic carbocycles. The summed E-state index contributed by atoms with van der Waals surface area (Å²) in [7, 11) is 0. The molecule has 0 aliphatic heterocycles. The van der Waals surface area contributed by atoms with Gasteiger partial charge >= 0.3 is 0 Å². The minimum atomic E-state index is -0.0325. The molecule has 1 amide bonds. The molecule has 0 aliphatic rings. The van der Waals surface area contributed by atoms with Crippen molar-refractivity contribution >= 4 is 17.4 Å². The summed E-state index contributed by atoms with van der Waals surface area (Å²) in [6.07, 6.45) is 2.81. The maximum Gasteiger partial charge on any atom is 0.225 e. The van der Waals surface area contributed by atoms with Gasteiger partial charge in [-0.1, -0.05) is 12.1 Å². The van der Waals surface area contributed by atoms with E-state index in [1.54, 1.807) is 6.20 Å². The van der Waals surface area contributed by atoms with Gasteiger partial charge in [-0.2, -0.15) is 0 Å². The van der Waals surface area contributed by atoms with E-state index >= 15 is 0 Å². The summed E-state index contributed by atoms with van der Waals surface area (Å²) in [5.41, 5.74) is 8.52. The maximum atomic E-state index is 11.8. The van der Waals surface area contributed by atoms with Gasteiger partial charge in [0.2, 0.25) is 5.91 Å². The van der Waals surface area contributed by atoms with Crippen LogP contribution in [0.1, 0.15) is 17.5 Å². The third kappa shape index (κ3) is 4.10. The Hall–Kier alpha value is -2.36. The average molecular weight is 255 g/mol. The normalized spacial score (nSPS) is 10.2. The molecule has 98 valence electrons. The van der Waals surface area contributed by atoms with Crippen molar-refractivity contribution in [2.45, 2.75) is 19.8 Å². The van der Waals surface area contributed by atoms with Crippen molar-refractivity contribution in [3.05, 3.63) is 53.7 Å². The Morgan fingerprint density at radius 1 is 1.26 bits per heavy atom. The van der Waals surface area contributed by atoms with Crippen molar-refractivity contribution in [2.24, 2.45) is 0 Å². The second kappa shape index (κ2) is 6.00. The van der Waals surface area contributed by atoms with Gasteiger partial charge in [-0.15, -0.1) is 0 Å². The number of nitrogens with zero attached hydrogens (tertiary/aromatic N) is 1. The van der Waals surface area contributed by atoms with Crippen LogP contribution in [0.3, 0.4) is 0 Å². The highest BCUT2D eigenvalue weighted by Crippen LogP contribution is 2.09. The van der Waals surface area contributed by atoms with E-state index in [4.69, 9.17) is 5.73 Å². The summed E-state index contributed by atoms with van der Waals surface area (Å²) in [5, 5.41) is 2.79. The number of anilines is 2. The Kier molecular flexibility index (Phi) is 4.13. The van der Waals surface area contributed by atoms with Crippen LogP contribution < -0.4 is 11.1 Å². The predicted molar refractivity (Wildman–Crippen MR) is 76.8 cm³/mol. The Bertz CT molecular complexity index is 564. The van der Waals surface area contributed by atoms with Crippen molar-refractivity contribution in [1.29, 1.82) is 0 Å². The number of nitrogens with two attached hydrogens (primary N) is 1. The summed E-state index contributed by atoms with van der Waals surface area (Å²) in [4.78, 5) is 15.9. The van der Waals surface area contributed by atoms with E-state index in [0.29, 0.717) is 18.7 Å². The number of hydrogen-bond donors (Lipinski definition) is 2. The van der Waals surface area contributed by atoms with Gasteiger partial charge in [-0.3, -0.25) is 4.79 Å². The number of rotatable bonds is 4. The molecule has 0 spiro atoms. The lowest BCUT2D eigenvalue weighted by Gasteiger charge is -2.05. The number of nitrogens with one attached hydrogen (secondary N) is 1. The molecule has 0 bridgehead atoms. The van der Waals surface area contributed by atoms with Gasteiger partial charge in [0.15, 0.2) is 0 Å². The summed E-state index contributed by atoms with van der Waals surface area (Å²) in [5.74, 6) is 0.567. The standard InChI is InChI=1S/C15H17N3O/c1-11-8-9-17-14(10-11)18-15(19)7-4-12-2-5-13(16)6-3-12/h2-3,5-6,8-10H,4,7,16H2,1H3,(H,17,18,19). The largest absolute Gasteiger partial charge is 0.399 e.